The predicted octanol–water partition coefficient (Wildman–Crippen LogP) is 3.10. The summed E-state index contributed by atoms with van der Waals surface area (Å²) in [4.78, 5) is -1.09. The molecule has 0 saturated carbocycles. The predicted molar refractivity (Wildman–Crippen MR) is 102 cm³/mol. The van der Waals surface area contributed by atoms with E-state index in [9.17, 15) is 22.3 Å². The lowest BCUT2D eigenvalue weighted by atomic mass is 10.1. The molecular formula is C14H9ClF2IN5O3S. The van der Waals surface area contributed by atoms with Gasteiger partial charge >= 0.3 is 0 Å². The summed E-state index contributed by atoms with van der Waals surface area (Å²) in [5.74, 6) is -3.88. The van der Waals surface area contributed by atoms with E-state index in [0.29, 0.717) is 0 Å². The van der Waals surface area contributed by atoms with Crippen LogP contribution >= 0.6 is 34.2 Å². The fourth-order valence-electron chi connectivity index (χ4n) is 2.26. The molecule has 0 radical (unpaired) electrons. The standard InChI is InChI=1S/C14H9ClF2IN5O3S/c15-7-3-5(18)1-2-8(7)20-12-6(13-14(24)22-23-21-13)4-9(27(19,25)26)10(16)11(12)17/h1-4,20H,(H2,19,25,26)(H2,21,22,23,24). The fourth-order valence-corrected chi connectivity index (χ4v) is 3.78. The third-order valence-electron chi connectivity index (χ3n) is 3.47. The van der Waals surface area contributed by atoms with Gasteiger partial charge in [0.2, 0.25) is 10.0 Å². The maximum atomic E-state index is 14.7. The van der Waals surface area contributed by atoms with Gasteiger partial charge in [0.25, 0.3) is 5.88 Å². The van der Waals surface area contributed by atoms with Crippen LogP contribution in [0.25, 0.3) is 11.3 Å². The molecule has 1 heterocycles. The molecule has 3 aromatic rings. The Morgan fingerprint density at radius 2 is 1.96 bits per heavy atom. The van der Waals surface area contributed by atoms with Gasteiger partial charge in [-0.05, 0) is 46.9 Å². The van der Waals surface area contributed by atoms with Gasteiger partial charge in [0.1, 0.15) is 10.6 Å². The number of nitrogens with two attached hydrogens (primary N) is 1. The molecule has 0 unspecified atom stereocenters. The Morgan fingerprint density at radius 3 is 2.52 bits per heavy atom. The highest BCUT2D eigenvalue weighted by Crippen LogP contribution is 2.39. The average Bonchev–Trinajstić information content (AvgIpc) is 2.99. The highest BCUT2D eigenvalue weighted by molar-refractivity contribution is 14.1. The maximum Gasteiger partial charge on any atom is 0.259 e. The second-order valence-electron chi connectivity index (χ2n) is 5.23. The number of halogens is 4. The molecule has 27 heavy (non-hydrogen) atoms. The van der Waals surface area contributed by atoms with Crippen molar-refractivity contribution in [3.05, 3.63) is 44.5 Å². The van der Waals surface area contributed by atoms with Gasteiger partial charge in [0.15, 0.2) is 11.6 Å². The molecule has 1 aromatic heterocycles. The van der Waals surface area contributed by atoms with Crippen LogP contribution in [0.3, 0.4) is 0 Å². The summed E-state index contributed by atoms with van der Waals surface area (Å²) in [5.41, 5.74) is -0.797. The van der Waals surface area contributed by atoms with Crippen molar-refractivity contribution in [2.45, 2.75) is 4.90 Å². The van der Waals surface area contributed by atoms with Gasteiger partial charge < -0.3 is 10.4 Å². The van der Waals surface area contributed by atoms with Crippen LogP contribution in [0.5, 0.6) is 5.88 Å². The normalized spacial score (nSPS) is 11.6. The Hall–Kier alpha value is -2.03. The number of nitrogens with zero attached hydrogens (tertiary/aromatic N) is 2. The first-order valence-electron chi connectivity index (χ1n) is 6.97. The number of aromatic nitrogens is 3. The van der Waals surface area contributed by atoms with Gasteiger partial charge in [-0.3, -0.25) is 5.10 Å². The summed E-state index contributed by atoms with van der Waals surface area (Å²) in [6.45, 7) is 0. The van der Waals surface area contributed by atoms with Crippen LogP contribution in [0.15, 0.2) is 29.2 Å². The Morgan fingerprint density at radius 1 is 1.26 bits per heavy atom. The third kappa shape index (κ3) is 3.83. The monoisotopic (exact) mass is 527 g/mol. The molecule has 0 saturated heterocycles. The first kappa shape index (κ1) is 19.7. The molecule has 0 bridgehead atoms. The van der Waals surface area contributed by atoms with Crippen molar-refractivity contribution in [2.75, 3.05) is 5.32 Å². The minimum atomic E-state index is -4.59. The number of primary sulfonamides is 1. The van der Waals surface area contributed by atoms with Crippen molar-refractivity contribution in [1.29, 1.82) is 0 Å². The largest absolute Gasteiger partial charge is 0.491 e. The molecule has 3 rings (SSSR count). The molecule has 0 spiro atoms. The van der Waals surface area contributed by atoms with Crippen molar-refractivity contribution < 1.29 is 22.3 Å². The van der Waals surface area contributed by atoms with Crippen LogP contribution in [0.1, 0.15) is 0 Å². The van der Waals surface area contributed by atoms with Crippen LogP contribution in [0.4, 0.5) is 20.2 Å². The Kier molecular flexibility index (Phi) is 5.24. The molecule has 142 valence electrons. The van der Waals surface area contributed by atoms with Crippen LogP contribution in [-0.2, 0) is 10.0 Å². The zero-order valence-corrected chi connectivity index (χ0v) is 16.7. The number of rotatable bonds is 4. The van der Waals surface area contributed by atoms with Crippen LogP contribution in [0.2, 0.25) is 5.02 Å². The van der Waals surface area contributed by atoms with Gasteiger partial charge in [-0.2, -0.15) is 0 Å². The Balaban J connectivity index is 2.29. The van der Waals surface area contributed by atoms with E-state index < -0.39 is 38.1 Å². The molecule has 5 N–H and O–H groups in total. The maximum absolute atomic E-state index is 14.7. The number of hydrogen-bond donors (Lipinski definition) is 4. The number of hydrogen-bond acceptors (Lipinski definition) is 6. The quantitative estimate of drug-likeness (QED) is 0.385. The lowest BCUT2D eigenvalue weighted by molar-refractivity contribution is 0.453. The summed E-state index contributed by atoms with van der Waals surface area (Å²) >= 11 is 8.12. The third-order valence-corrected chi connectivity index (χ3v) is 5.36. The van der Waals surface area contributed by atoms with Crippen LogP contribution < -0.4 is 10.5 Å². The molecule has 13 heteroatoms. The average molecular weight is 528 g/mol. The van der Waals surface area contributed by atoms with E-state index in [1.165, 1.54) is 6.07 Å². The van der Waals surface area contributed by atoms with Gasteiger partial charge in [-0.1, -0.05) is 21.9 Å². The molecule has 0 aliphatic rings. The van der Waals surface area contributed by atoms with Gasteiger partial charge in [0.05, 0.1) is 16.4 Å². The van der Waals surface area contributed by atoms with Gasteiger partial charge in [-0.15, -0.1) is 0 Å². The lowest BCUT2D eigenvalue weighted by Crippen LogP contribution is -2.16. The number of aromatic amines is 1. The first-order chi connectivity index (χ1) is 12.6. The molecule has 0 amide bonds. The molecular weight excluding hydrogens is 519 g/mol. The number of anilines is 2. The van der Waals surface area contributed by atoms with E-state index >= 15 is 0 Å². The minimum Gasteiger partial charge on any atom is -0.491 e. The first-order valence-corrected chi connectivity index (χ1v) is 9.97. The molecule has 0 aliphatic carbocycles. The second-order valence-corrected chi connectivity index (χ2v) is 8.41. The molecule has 0 aliphatic heterocycles. The summed E-state index contributed by atoms with van der Waals surface area (Å²) in [5, 5.41) is 26.5. The SMILES string of the molecule is NS(=O)(=O)c1cc(-c2[nH]nnc2O)c(Nc2ccc(I)cc2Cl)c(F)c1F. The van der Waals surface area contributed by atoms with E-state index in [0.717, 1.165) is 9.64 Å². The highest BCUT2D eigenvalue weighted by atomic mass is 127. The second kappa shape index (κ2) is 7.18. The number of aromatic hydroxyl groups is 1. The Labute approximate surface area is 169 Å². The van der Waals surface area contributed by atoms with Gasteiger partial charge in [-0.25, -0.2) is 22.3 Å². The summed E-state index contributed by atoms with van der Waals surface area (Å²) in [7, 11) is -4.59. The zero-order chi connectivity index (χ0) is 19.9. The number of nitrogens with one attached hydrogen (secondary N) is 2. The van der Waals surface area contributed by atoms with Gasteiger partial charge in [0, 0.05) is 9.13 Å². The number of benzene rings is 2. The summed E-state index contributed by atoms with van der Waals surface area (Å²) in [6.07, 6.45) is 0. The molecule has 2 aromatic carbocycles. The fraction of sp³-hybridized carbons (Fsp3) is 0. The van der Waals surface area contributed by atoms with Crippen molar-refractivity contribution >= 4 is 55.6 Å². The van der Waals surface area contributed by atoms with E-state index in [1.54, 1.807) is 12.1 Å². The summed E-state index contributed by atoms with van der Waals surface area (Å²) < 4.78 is 53.1. The van der Waals surface area contributed by atoms with Crippen molar-refractivity contribution in [1.82, 2.24) is 15.4 Å². The molecule has 0 fully saturated rings. The zero-order valence-electron chi connectivity index (χ0n) is 13.0. The highest BCUT2D eigenvalue weighted by Gasteiger charge is 2.27. The smallest absolute Gasteiger partial charge is 0.259 e. The van der Waals surface area contributed by atoms with E-state index in [4.69, 9.17) is 16.7 Å². The summed E-state index contributed by atoms with van der Waals surface area (Å²) in [6, 6.07) is 5.51. The molecule has 8 nitrogen and oxygen atoms in total. The van der Waals surface area contributed by atoms with E-state index in [-0.39, 0.29) is 22.0 Å². The minimum absolute atomic E-state index is 0.204. The van der Waals surface area contributed by atoms with Crippen LogP contribution in [-0.4, -0.2) is 28.9 Å². The van der Waals surface area contributed by atoms with E-state index in [1.807, 2.05) is 22.6 Å². The number of H-pyrrole nitrogens is 1. The lowest BCUT2D eigenvalue weighted by Gasteiger charge is -2.16. The Bertz CT molecular complexity index is 1160. The number of sulfonamides is 1. The van der Waals surface area contributed by atoms with Crippen molar-refractivity contribution in [3.63, 3.8) is 0 Å². The van der Waals surface area contributed by atoms with Crippen molar-refractivity contribution in [3.8, 4) is 17.1 Å². The van der Waals surface area contributed by atoms with Crippen molar-refractivity contribution in [2.24, 2.45) is 5.14 Å². The van der Waals surface area contributed by atoms with Crippen LogP contribution in [0, 0.1) is 15.2 Å². The van der Waals surface area contributed by atoms with E-state index in [2.05, 4.69) is 20.7 Å². The molecule has 0 atom stereocenters. The topological polar surface area (TPSA) is 134 Å².